The number of carbonyl (C=O) groups is 1. The van der Waals surface area contributed by atoms with E-state index in [2.05, 4.69) is 0 Å². The first kappa shape index (κ1) is 30.0. The van der Waals surface area contributed by atoms with Gasteiger partial charge in [-0.15, -0.1) is 0 Å². The quantitative estimate of drug-likeness (QED) is 0.246. The number of hydrogen-bond acceptors (Lipinski definition) is 4. The number of hydrogen-bond donors (Lipinski definition) is 1. The molecule has 6 nitrogen and oxygen atoms in total. The van der Waals surface area contributed by atoms with Crippen LogP contribution in [0.5, 0.6) is 5.75 Å². The predicted octanol–water partition coefficient (Wildman–Crippen LogP) is 7.13. The lowest BCUT2D eigenvalue weighted by atomic mass is 10.1. The molecule has 39 heavy (non-hydrogen) atoms. The van der Waals surface area contributed by atoms with Crippen LogP contribution in [0.3, 0.4) is 0 Å². The minimum atomic E-state index is -4.68. The van der Waals surface area contributed by atoms with E-state index < -0.39 is 38.4 Å². The molecule has 0 saturated carbocycles. The Balaban J connectivity index is 0.000000631. The average Bonchev–Trinajstić information content (AvgIpc) is 2.88. The Morgan fingerprint density at radius 2 is 1.82 bits per heavy atom. The highest BCUT2D eigenvalue weighted by Gasteiger charge is 2.34. The van der Waals surface area contributed by atoms with E-state index in [0.29, 0.717) is 18.1 Å². The van der Waals surface area contributed by atoms with Crippen molar-refractivity contribution < 1.29 is 40.6 Å². The van der Waals surface area contributed by atoms with Crippen LogP contribution >= 0.6 is 11.6 Å². The average molecular weight is 586 g/mol. The molecule has 1 aliphatic rings. The minimum Gasteiger partial charge on any atom is -0.489 e. The number of rotatable bonds is 6. The van der Waals surface area contributed by atoms with Crippen LogP contribution < -0.4 is 9.04 Å². The summed E-state index contributed by atoms with van der Waals surface area (Å²) < 4.78 is 86.3. The van der Waals surface area contributed by atoms with Crippen LogP contribution in [0.2, 0.25) is 5.02 Å². The molecule has 0 aromatic heterocycles. The zero-order valence-corrected chi connectivity index (χ0v) is 22.2. The number of carboxylic acids is 1. The second-order valence-corrected chi connectivity index (χ2v) is 10.6. The van der Waals surface area contributed by atoms with E-state index in [9.17, 15) is 30.8 Å². The van der Waals surface area contributed by atoms with Crippen molar-refractivity contribution in [2.24, 2.45) is 0 Å². The summed E-state index contributed by atoms with van der Waals surface area (Å²) in [6.45, 7) is 1.79. The van der Waals surface area contributed by atoms with Gasteiger partial charge in [-0.05, 0) is 60.5 Å². The van der Waals surface area contributed by atoms with E-state index in [-0.39, 0.29) is 35.2 Å². The van der Waals surface area contributed by atoms with E-state index in [4.69, 9.17) is 21.4 Å². The Labute approximate surface area is 228 Å². The van der Waals surface area contributed by atoms with Gasteiger partial charge in [0.2, 0.25) is 0 Å². The van der Waals surface area contributed by atoms with Crippen molar-refractivity contribution in [3.63, 3.8) is 0 Å². The van der Waals surface area contributed by atoms with Crippen molar-refractivity contribution in [3.8, 4) is 5.75 Å². The molecule has 0 unspecified atom stereocenters. The molecule has 0 fully saturated rings. The number of fused-ring (bicyclic) bond motifs is 1. The van der Waals surface area contributed by atoms with Crippen LogP contribution in [-0.4, -0.2) is 32.6 Å². The number of halogens is 5. The van der Waals surface area contributed by atoms with Crippen molar-refractivity contribution >= 4 is 45.4 Å². The topological polar surface area (TPSA) is 83.9 Å². The summed E-state index contributed by atoms with van der Waals surface area (Å²) in [5.41, 5.74) is -0.208. The number of ether oxygens (including phenoxy) is 1. The Bertz CT molecular complexity index is 1450. The van der Waals surface area contributed by atoms with Crippen molar-refractivity contribution in [1.29, 1.82) is 0 Å². The van der Waals surface area contributed by atoms with Gasteiger partial charge in [0, 0.05) is 12.0 Å². The number of carboxylic acid groups (broad SMARTS) is 1. The molecule has 1 aliphatic heterocycles. The first-order chi connectivity index (χ1) is 18.3. The van der Waals surface area contributed by atoms with E-state index in [1.807, 2.05) is 6.92 Å². The van der Waals surface area contributed by atoms with E-state index in [1.165, 1.54) is 30.3 Å². The third-order valence-corrected chi connectivity index (χ3v) is 7.60. The molecule has 3 aromatic rings. The van der Waals surface area contributed by atoms with E-state index in [1.54, 1.807) is 18.2 Å². The Kier molecular flexibility index (Phi) is 9.63. The van der Waals surface area contributed by atoms with Gasteiger partial charge in [-0.1, -0.05) is 42.8 Å². The van der Waals surface area contributed by atoms with Gasteiger partial charge in [-0.3, -0.25) is 9.10 Å². The van der Waals surface area contributed by atoms with Gasteiger partial charge in [0.1, 0.15) is 18.2 Å². The van der Waals surface area contributed by atoms with Gasteiger partial charge in [-0.25, -0.2) is 12.8 Å². The number of aliphatic carboxylic acids is 1. The summed E-state index contributed by atoms with van der Waals surface area (Å²) in [6.07, 6.45) is -0.654. The smallest absolute Gasteiger partial charge is 0.416 e. The molecule has 0 saturated heterocycles. The summed E-state index contributed by atoms with van der Waals surface area (Å²) in [4.78, 5) is 9.12. The number of nitrogens with zero attached hydrogens (tertiary/aromatic N) is 1. The summed E-state index contributed by atoms with van der Waals surface area (Å²) in [6, 6.07) is 12.5. The summed E-state index contributed by atoms with van der Waals surface area (Å²) in [5.74, 6) is -0.968. The molecule has 0 radical (unpaired) electrons. The molecule has 1 heterocycles. The fourth-order valence-corrected chi connectivity index (χ4v) is 5.31. The Morgan fingerprint density at radius 1 is 1.10 bits per heavy atom. The van der Waals surface area contributed by atoms with Gasteiger partial charge in [0.05, 0.1) is 27.7 Å². The summed E-state index contributed by atoms with van der Waals surface area (Å²) in [7, 11) is -4.31. The van der Waals surface area contributed by atoms with E-state index in [0.717, 1.165) is 28.9 Å². The SMILES string of the molecule is CCCC(=O)O.O=S(=O)(c1cccc(C(F)(F)F)c1)N1CCOc2ccc(/C=C/c3c(F)cccc3Cl)cc21. The molecule has 4 rings (SSSR count). The van der Waals surface area contributed by atoms with Crippen LogP contribution in [0, 0.1) is 5.82 Å². The van der Waals surface area contributed by atoms with Crippen LogP contribution in [-0.2, 0) is 21.0 Å². The highest BCUT2D eigenvalue weighted by Crippen LogP contribution is 2.38. The first-order valence-electron chi connectivity index (χ1n) is 11.7. The molecule has 1 N–H and O–H groups in total. The van der Waals surface area contributed by atoms with Gasteiger partial charge in [0.25, 0.3) is 10.0 Å². The van der Waals surface area contributed by atoms with Gasteiger partial charge in [-0.2, -0.15) is 13.2 Å². The fourth-order valence-electron chi connectivity index (χ4n) is 3.59. The Morgan fingerprint density at radius 3 is 2.44 bits per heavy atom. The minimum absolute atomic E-state index is 0.0329. The Hall–Kier alpha value is -3.57. The zero-order valence-electron chi connectivity index (χ0n) is 20.6. The predicted molar refractivity (Wildman–Crippen MR) is 141 cm³/mol. The molecule has 0 spiro atoms. The highest BCUT2D eigenvalue weighted by atomic mass is 35.5. The van der Waals surface area contributed by atoms with Crippen molar-refractivity contribution in [2.45, 2.75) is 30.8 Å². The first-order valence-corrected chi connectivity index (χ1v) is 13.5. The number of anilines is 1. The third kappa shape index (κ3) is 7.51. The lowest BCUT2D eigenvalue weighted by molar-refractivity contribution is -0.138. The third-order valence-electron chi connectivity index (χ3n) is 5.46. The zero-order chi connectivity index (χ0) is 28.8. The molecule has 0 aliphatic carbocycles. The molecule has 12 heteroatoms. The number of alkyl halides is 3. The molecular formula is C27H24ClF4NO5S. The second kappa shape index (κ2) is 12.5. The summed E-state index contributed by atoms with van der Waals surface area (Å²) >= 11 is 6.03. The maximum Gasteiger partial charge on any atom is 0.416 e. The van der Waals surface area contributed by atoms with Gasteiger partial charge in [0.15, 0.2) is 0 Å². The molecule has 3 aromatic carbocycles. The largest absolute Gasteiger partial charge is 0.489 e. The molecule has 0 atom stereocenters. The fraction of sp³-hybridized carbons (Fsp3) is 0.222. The monoisotopic (exact) mass is 585 g/mol. The van der Waals surface area contributed by atoms with E-state index >= 15 is 0 Å². The van der Waals surface area contributed by atoms with Gasteiger partial charge < -0.3 is 9.84 Å². The highest BCUT2D eigenvalue weighted by molar-refractivity contribution is 7.92. The lowest BCUT2D eigenvalue weighted by Crippen LogP contribution is -2.38. The van der Waals surface area contributed by atoms with Crippen molar-refractivity contribution in [2.75, 3.05) is 17.5 Å². The molecule has 0 bridgehead atoms. The van der Waals surface area contributed by atoms with Crippen molar-refractivity contribution in [1.82, 2.24) is 0 Å². The second-order valence-electron chi connectivity index (χ2n) is 8.29. The maximum atomic E-state index is 14.0. The molecular weight excluding hydrogens is 562 g/mol. The maximum absolute atomic E-state index is 14.0. The van der Waals surface area contributed by atoms with Gasteiger partial charge >= 0.3 is 12.1 Å². The molecule has 208 valence electrons. The van der Waals surface area contributed by atoms with Crippen LogP contribution in [0.25, 0.3) is 12.2 Å². The van der Waals surface area contributed by atoms with Crippen LogP contribution in [0.1, 0.15) is 36.5 Å². The van der Waals surface area contributed by atoms with Crippen molar-refractivity contribution in [3.05, 3.63) is 88.2 Å². The lowest BCUT2D eigenvalue weighted by Gasteiger charge is -2.31. The number of sulfonamides is 1. The standard InChI is InChI=1S/C23H16ClF4NO3S.C4H8O2/c24-19-5-2-6-20(25)18(19)9-7-15-8-10-22-21(13-15)29(11-12-32-22)33(30,31)17-4-1-3-16(14-17)23(26,27)28;1-2-3-4(5)6/h1-10,13-14H,11-12H2;2-3H2,1H3,(H,5,6)/b9-7+;. The van der Waals surface area contributed by atoms with Crippen LogP contribution in [0.15, 0.2) is 65.6 Å². The summed E-state index contributed by atoms with van der Waals surface area (Å²) in [5, 5.41) is 8.12. The number of benzene rings is 3. The molecule has 0 amide bonds. The van der Waals surface area contributed by atoms with Crippen LogP contribution in [0.4, 0.5) is 23.2 Å². The normalized spacial score (nSPS) is 13.3.